The quantitative estimate of drug-likeness (QED) is 0.166. The summed E-state index contributed by atoms with van der Waals surface area (Å²) in [5, 5.41) is 16.6. The number of rotatable bonds is 6. The summed E-state index contributed by atoms with van der Waals surface area (Å²) in [6.07, 6.45) is 0. The van der Waals surface area contributed by atoms with Gasteiger partial charge in [0.2, 0.25) is 0 Å². The first-order valence-corrected chi connectivity index (χ1v) is 48.4. The summed E-state index contributed by atoms with van der Waals surface area (Å²) in [5.41, 5.74) is 44.7. The molecule has 32 rings (SSSR count). The van der Waals surface area contributed by atoms with Gasteiger partial charge < -0.3 is 0 Å². The van der Waals surface area contributed by atoms with Gasteiger partial charge in [0.05, 0.1) is 50.7 Å². The monoisotopic (exact) mass is 1770 g/mol. The summed E-state index contributed by atoms with van der Waals surface area (Å²) < 4.78 is 7.35. The average Bonchev–Trinajstić information content (AvgIpc) is 1.55. The fourth-order valence-corrected chi connectivity index (χ4v) is 24.3. The molecule has 0 radical (unpaired) electrons. The van der Waals surface area contributed by atoms with Gasteiger partial charge in [-0.15, -0.1) is 0 Å². The Kier molecular flexibility index (Phi) is 16.9. The van der Waals surface area contributed by atoms with Gasteiger partial charge in [0.25, 0.3) is 0 Å². The van der Waals surface area contributed by atoms with Gasteiger partial charge in [0, 0.05) is 72.0 Å². The summed E-state index contributed by atoms with van der Waals surface area (Å²) in [7, 11) is 0. The van der Waals surface area contributed by atoms with Gasteiger partial charge in [-0.3, -0.25) is 28.4 Å². The van der Waals surface area contributed by atoms with E-state index in [1.807, 2.05) is 0 Å². The van der Waals surface area contributed by atoms with Crippen molar-refractivity contribution < 1.29 is 0 Å². The highest BCUT2D eigenvalue weighted by Crippen LogP contribution is 2.59. The van der Waals surface area contributed by atoms with Crippen molar-refractivity contribution in [1.82, 2.24) is 13.7 Å². The third-order valence-corrected chi connectivity index (χ3v) is 30.2. The van der Waals surface area contributed by atoms with E-state index in [2.05, 4.69) is 526 Å². The lowest BCUT2D eigenvalue weighted by atomic mass is 9.94. The first-order valence-electron chi connectivity index (χ1n) is 48.4. The molecule has 6 nitrogen and oxygen atoms in total. The number of fused-ring (bicyclic) bond motifs is 34. The van der Waals surface area contributed by atoms with Crippen LogP contribution in [0.15, 0.2) is 497 Å². The maximum Gasteiger partial charge on any atom is 0.123 e. The SMILES string of the molecule is c1cc(-c2cc3c4c(cccc4c2)-c2ccccc2-3)cc(N2c3ccc4ccccc4c3-c3ccccc3-n3c2cc2ccccc23)c1.c1cc(-c2cc3c4c(cccc4c2)-c2ccccc2-3)cc(N2c3ccccc3-c3ccc4ccccc4c3-n3c2cc2ccccc23)c1.c1cc(-c2ccc3c(c2)-c2cccc4cccc-3c24)cc(N2c3ccccc3-c3ccccc3-n3c2cc2ccccc23)c1. The molecule has 0 spiro atoms. The molecule has 0 saturated heterocycles. The van der Waals surface area contributed by atoms with Gasteiger partial charge in [-0.2, -0.15) is 0 Å². The van der Waals surface area contributed by atoms with Gasteiger partial charge in [-0.1, -0.05) is 364 Å². The number of anilines is 9. The minimum atomic E-state index is 1.13. The van der Waals surface area contributed by atoms with E-state index in [0.29, 0.717) is 0 Å². The molecule has 0 N–H and O–H groups in total. The molecule has 3 aliphatic heterocycles. The molecular weight excluding hydrogens is 1690 g/mol. The van der Waals surface area contributed by atoms with E-state index in [1.165, 1.54) is 254 Å². The van der Waals surface area contributed by atoms with Crippen LogP contribution < -0.4 is 14.7 Å². The second-order valence-corrected chi connectivity index (χ2v) is 37.7. The number of aromatic nitrogens is 3. The molecule has 6 aliphatic rings. The second kappa shape index (κ2) is 30.4. The lowest BCUT2D eigenvalue weighted by Gasteiger charge is -2.27. The molecule has 648 valence electrons. The van der Waals surface area contributed by atoms with E-state index in [4.69, 9.17) is 0 Å². The van der Waals surface area contributed by atoms with Crippen LogP contribution in [0.5, 0.6) is 0 Å². The largest absolute Gasteiger partial charge is 0.295 e. The molecule has 3 aliphatic carbocycles. The normalized spacial score (nSPS) is 12.5. The van der Waals surface area contributed by atoms with Crippen molar-refractivity contribution in [2.24, 2.45) is 0 Å². The van der Waals surface area contributed by atoms with Crippen LogP contribution in [0.3, 0.4) is 0 Å². The van der Waals surface area contributed by atoms with Crippen LogP contribution in [-0.2, 0) is 0 Å². The van der Waals surface area contributed by atoms with Crippen molar-refractivity contribution in [3.8, 4) is 151 Å². The molecule has 3 aromatic heterocycles. The number of hydrogen-bond donors (Lipinski definition) is 0. The van der Waals surface area contributed by atoms with Crippen LogP contribution in [-0.4, -0.2) is 13.7 Å². The Morgan fingerprint density at radius 1 is 0.136 bits per heavy atom. The van der Waals surface area contributed by atoms with E-state index in [9.17, 15) is 0 Å². The topological polar surface area (TPSA) is 24.5 Å². The molecule has 0 unspecified atom stereocenters. The van der Waals surface area contributed by atoms with Gasteiger partial charge in [-0.05, 0) is 282 Å². The predicted molar refractivity (Wildman–Crippen MR) is 588 cm³/mol. The molecule has 0 saturated carbocycles. The highest BCUT2D eigenvalue weighted by Gasteiger charge is 2.36. The van der Waals surface area contributed by atoms with E-state index in [-0.39, 0.29) is 0 Å². The van der Waals surface area contributed by atoms with Gasteiger partial charge in [0.1, 0.15) is 17.5 Å². The van der Waals surface area contributed by atoms with Crippen LogP contribution in [0.2, 0.25) is 0 Å². The van der Waals surface area contributed by atoms with Crippen molar-refractivity contribution >= 4 is 138 Å². The Morgan fingerprint density at radius 3 is 0.971 bits per heavy atom. The highest BCUT2D eigenvalue weighted by atomic mass is 15.3. The standard InChI is InChI=1S/2C46H28N2.C42H26N2/c1-3-16-35-29(11-1)23-24-43-46(35)39-19-6-8-22-42(39)48-41-21-7-2-12-31(41)28-44(48)47(43)34-15-9-13-30(26-34)33-25-32-14-10-20-38-36-17-4-5-18-37(36)40(27-33)45(32)38;1-3-16-35-29(11-1)23-24-40-38-19-6-8-22-43(38)47(44-28-31-12-2-7-21-42(31)48(44)46(35)40)34-15-9-13-30(26-34)33-25-32-14-10-20-39-36-17-4-5-18-37(36)41(27-33)45(32)39;1-4-19-38-30(10-1)26-41-43(39-20-5-2-15-33(39)34-16-3-6-21-40(34)44(38)41)31-14-7-13-28(24-31)29-22-23-32-35-17-8-11-27-12-9-18-36(42(27)35)37(32)25-29/h2*1-28H;1-26H. The van der Waals surface area contributed by atoms with E-state index >= 15 is 0 Å². The molecule has 6 heterocycles. The number of nitrogens with zero attached hydrogens (tertiary/aromatic N) is 6. The lowest BCUT2D eigenvalue weighted by Crippen LogP contribution is -2.13. The summed E-state index contributed by atoms with van der Waals surface area (Å²) >= 11 is 0. The van der Waals surface area contributed by atoms with Crippen LogP contribution in [0.4, 0.5) is 51.6 Å². The van der Waals surface area contributed by atoms with Gasteiger partial charge >= 0.3 is 0 Å². The number of hydrogen-bond acceptors (Lipinski definition) is 3. The van der Waals surface area contributed by atoms with E-state index in [0.717, 1.165) is 34.5 Å². The molecule has 0 bridgehead atoms. The maximum absolute atomic E-state index is 2.48. The number of para-hydroxylation sites is 7. The Morgan fingerprint density at radius 2 is 0.450 bits per heavy atom. The van der Waals surface area contributed by atoms with Crippen molar-refractivity contribution in [2.45, 2.75) is 0 Å². The lowest BCUT2D eigenvalue weighted by molar-refractivity contribution is 1.09. The smallest absolute Gasteiger partial charge is 0.123 e. The van der Waals surface area contributed by atoms with Crippen LogP contribution >= 0.6 is 0 Å². The first-order chi connectivity index (χ1) is 69.5. The van der Waals surface area contributed by atoms with E-state index < -0.39 is 0 Å². The van der Waals surface area contributed by atoms with Gasteiger partial charge in [0.15, 0.2) is 0 Å². The fourth-order valence-electron chi connectivity index (χ4n) is 24.3. The Labute approximate surface area is 808 Å². The highest BCUT2D eigenvalue weighted by molar-refractivity contribution is 6.21. The molecule has 6 heteroatoms. The van der Waals surface area contributed by atoms with Crippen molar-refractivity contribution in [3.05, 3.63) is 497 Å². The Bertz CT molecular complexity index is 9830. The zero-order valence-corrected chi connectivity index (χ0v) is 76.0. The zero-order valence-electron chi connectivity index (χ0n) is 76.0. The molecule has 23 aromatic carbocycles. The maximum atomic E-state index is 2.48. The summed E-state index contributed by atoms with van der Waals surface area (Å²) in [6, 6.07) is 183. The van der Waals surface area contributed by atoms with Crippen molar-refractivity contribution in [2.75, 3.05) is 14.7 Å². The van der Waals surface area contributed by atoms with Crippen LogP contribution in [0.25, 0.3) is 237 Å². The minimum absolute atomic E-state index is 1.13. The molecule has 0 amide bonds. The van der Waals surface area contributed by atoms with E-state index in [1.54, 1.807) is 0 Å². The molecule has 0 atom stereocenters. The molecule has 26 aromatic rings. The predicted octanol–water partition coefficient (Wildman–Crippen LogP) is 37.0. The Balaban J connectivity index is 0.0000000988. The summed E-state index contributed by atoms with van der Waals surface area (Å²) in [6.45, 7) is 0. The third-order valence-electron chi connectivity index (χ3n) is 30.2. The first kappa shape index (κ1) is 77.8. The molecular formula is C134H82N6. The second-order valence-electron chi connectivity index (χ2n) is 37.7. The summed E-state index contributed by atoms with van der Waals surface area (Å²) in [5.74, 6) is 3.40. The zero-order chi connectivity index (χ0) is 91.5. The molecule has 140 heavy (non-hydrogen) atoms. The van der Waals surface area contributed by atoms with Crippen LogP contribution in [0.1, 0.15) is 0 Å². The number of benzene rings is 23. The Hall–Kier alpha value is -18.6. The third kappa shape index (κ3) is 11.6. The minimum Gasteiger partial charge on any atom is -0.295 e. The summed E-state index contributed by atoms with van der Waals surface area (Å²) in [4.78, 5) is 7.36. The molecule has 0 fully saturated rings. The fraction of sp³-hybridized carbons (Fsp3) is 0. The van der Waals surface area contributed by atoms with Crippen LogP contribution in [0, 0.1) is 0 Å². The van der Waals surface area contributed by atoms with Gasteiger partial charge in [-0.25, -0.2) is 0 Å². The van der Waals surface area contributed by atoms with Crippen molar-refractivity contribution in [3.63, 3.8) is 0 Å². The van der Waals surface area contributed by atoms with Crippen molar-refractivity contribution in [1.29, 1.82) is 0 Å². The average molecular weight is 1780 g/mol.